The molecule has 4 aliphatic rings. The van der Waals surface area contributed by atoms with Gasteiger partial charge in [0.25, 0.3) is 0 Å². The molecule has 0 bridgehead atoms. The second-order valence-electron chi connectivity index (χ2n) is 5.76. The summed E-state index contributed by atoms with van der Waals surface area (Å²) in [6, 6.07) is 5.20. The van der Waals surface area contributed by atoms with Crippen molar-refractivity contribution in [2.24, 2.45) is 11.8 Å². The minimum atomic E-state index is -0.0168. The molecule has 1 aromatic carbocycles. The number of rotatable bonds is 0. The lowest BCUT2D eigenvalue weighted by Gasteiger charge is -2.29. The third-order valence-corrected chi connectivity index (χ3v) is 4.63. The third-order valence-electron chi connectivity index (χ3n) is 4.63. The molecule has 0 amide bonds. The summed E-state index contributed by atoms with van der Waals surface area (Å²) < 4.78 is 22.9. The summed E-state index contributed by atoms with van der Waals surface area (Å²) in [7, 11) is 0. The highest BCUT2D eigenvalue weighted by atomic mass is 16.7. The average molecular weight is 286 g/mol. The second-order valence-corrected chi connectivity index (χ2v) is 5.76. The van der Waals surface area contributed by atoms with Crippen LogP contribution in [-0.4, -0.2) is 24.6 Å². The van der Waals surface area contributed by atoms with E-state index in [0.717, 1.165) is 17.1 Å². The number of hydrogen-bond donors (Lipinski definition) is 1. The fourth-order valence-electron chi connectivity index (χ4n) is 3.63. The first kappa shape index (κ1) is 11.5. The van der Waals surface area contributed by atoms with Crippen LogP contribution in [0.1, 0.15) is 11.7 Å². The largest absolute Gasteiger partial charge is 0.508 e. The highest BCUT2D eigenvalue weighted by Gasteiger charge is 2.49. The highest BCUT2D eigenvalue weighted by Crippen LogP contribution is 2.51. The number of ether oxygens (including phenoxy) is 4. The summed E-state index contributed by atoms with van der Waals surface area (Å²) in [5.41, 5.74) is 1.00. The molecule has 5 rings (SSSR count). The monoisotopic (exact) mass is 286 g/mol. The molecule has 1 aliphatic carbocycles. The fraction of sp³-hybridized carbons (Fsp3) is 0.375. The van der Waals surface area contributed by atoms with Crippen LogP contribution in [0, 0.1) is 11.8 Å². The number of phenols is 1. The highest BCUT2D eigenvalue weighted by molar-refractivity contribution is 5.44. The zero-order chi connectivity index (χ0) is 14.0. The van der Waals surface area contributed by atoms with E-state index >= 15 is 0 Å². The minimum absolute atomic E-state index is 0.0104. The van der Waals surface area contributed by atoms with Gasteiger partial charge in [-0.3, -0.25) is 0 Å². The van der Waals surface area contributed by atoms with Gasteiger partial charge in [-0.05, 0) is 24.3 Å². The van der Waals surface area contributed by atoms with E-state index in [9.17, 15) is 5.11 Å². The Morgan fingerprint density at radius 3 is 2.81 bits per heavy atom. The van der Waals surface area contributed by atoms with Crippen molar-refractivity contribution < 1.29 is 24.1 Å². The van der Waals surface area contributed by atoms with Gasteiger partial charge < -0.3 is 24.1 Å². The van der Waals surface area contributed by atoms with E-state index in [1.165, 1.54) is 0 Å². The molecule has 3 aliphatic heterocycles. The number of aromatic hydroxyl groups is 1. The predicted octanol–water partition coefficient (Wildman–Crippen LogP) is 2.24. The number of hydrogen-bond acceptors (Lipinski definition) is 5. The number of phenolic OH excluding ortho intramolecular Hbond substituents is 1. The summed E-state index contributed by atoms with van der Waals surface area (Å²) in [5.74, 6) is 3.00. The quantitative estimate of drug-likeness (QED) is 0.792. The van der Waals surface area contributed by atoms with Gasteiger partial charge in [-0.15, -0.1) is 0 Å². The van der Waals surface area contributed by atoms with E-state index in [-0.39, 0.29) is 36.6 Å². The molecule has 2 fully saturated rings. The first-order valence-corrected chi connectivity index (χ1v) is 7.10. The Balaban J connectivity index is 1.55. The maximum absolute atomic E-state index is 9.57. The van der Waals surface area contributed by atoms with Gasteiger partial charge in [0.2, 0.25) is 6.79 Å². The van der Waals surface area contributed by atoms with Gasteiger partial charge in [0.05, 0.1) is 18.8 Å². The van der Waals surface area contributed by atoms with Crippen LogP contribution in [0.4, 0.5) is 0 Å². The van der Waals surface area contributed by atoms with Gasteiger partial charge >= 0.3 is 0 Å². The Kier molecular flexibility index (Phi) is 2.16. The van der Waals surface area contributed by atoms with Gasteiger partial charge in [0.1, 0.15) is 11.5 Å². The topological polar surface area (TPSA) is 57.2 Å². The maximum atomic E-state index is 9.57. The van der Waals surface area contributed by atoms with Crippen LogP contribution in [0.2, 0.25) is 0 Å². The first-order chi connectivity index (χ1) is 10.3. The second kappa shape index (κ2) is 3.95. The van der Waals surface area contributed by atoms with Crippen LogP contribution in [0.3, 0.4) is 0 Å². The van der Waals surface area contributed by atoms with Gasteiger partial charge in [0, 0.05) is 23.5 Å². The smallest absolute Gasteiger partial charge is 0.231 e. The summed E-state index contributed by atoms with van der Waals surface area (Å²) in [6.07, 6.45) is 4.08. The normalized spacial score (nSPS) is 35.0. The van der Waals surface area contributed by atoms with E-state index in [0.29, 0.717) is 12.4 Å². The van der Waals surface area contributed by atoms with Crippen molar-refractivity contribution in [1.29, 1.82) is 0 Å². The van der Waals surface area contributed by atoms with E-state index < -0.39 is 0 Å². The van der Waals surface area contributed by atoms with Crippen LogP contribution < -0.4 is 4.74 Å². The molecule has 5 heteroatoms. The molecule has 3 heterocycles. The fourth-order valence-corrected chi connectivity index (χ4v) is 3.63. The molecular formula is C16H14O5. The molecule has 0 radical (unpaired) electrons. The lowest BCUT2D eigenvalue weighted by Crippen LogP contribution is -2.28. The molecule has 0 aromatic heterocycles. The van der Waals surface area contributed by atoms with Gasteiger partial charge in [-0.1, -0.05) is 0 Å². The van der Waals surface area contributed by atoms with E-state index in [4.69, 9.17) is 18.9 Å². The Bertz CT molecular complexity index is 677. The molecule has 2 saturated heterocycles. The molecule has 0 spiro atoms. The molecule has 5 nitrogen and oxygen atoms in total. The van der Waals surface area contributed by atoms with Crippen molar-refractivity contribution in [3.05, 3.63) is 47.4 Å². The van der Waals surface area contributed by atoms with Crippen molar-refractivity contribution in [1.82, 2.24) is 0 Å². The summed E-state index contributed by atoms with van der Waals surface area (Å²) in [6.45, 7) is 0.861. The molecule has 4 unspecified atom stereocenters. The Labute approximate surface area is 121 Å². The standard InChI is InChI=1S/C16H14O5/c17-8-1-2-9-12(3-8)18-6-11-10-4-14-15(20-7-19-14)5-13(10)21-16(9)11/h1-5,10-11,13,16-17H,6-7H2. The molecule has 4 atom stereocenters. The van der Waals surface area contributed by atoms with Crippen molar-refractivity contribution >= 4 is 0 Å². The van der Waals surface area contributed by atoms with Crippen LogP contribution in [0.25, 0.3) is 0 Å². The summed E-state index contributed by atoms with van der Waals surface area (Å²) in [5, 5.41) is 9.57. The Hall–Kier alpha value is -2.14. The Morgan fingerprint density at radius 1 is 1.05 bits per heavy atom. The molecule has 1 N–H and O–H groups in total. The van der Waals surface area contributed by atoms with Gasteiger partial charge in [0.15, 0.2) is 11.5 Å². The van der Waals surface area contributed by atoms with E-state index in [1.807, 2.05) is 12.1 Å². The average Bonchev–Trinajstić information content (AvgIpc) is 3.07. The van der Waals surface area contributed by atoms with Crippen molar-refractivity contribution in [2.75, 3.05) is 13.4 Å². The van der Waals surface area contributed by atoms with E-state index in [2.05, 4.69) is 6.08 Å². The van der Waals surface area contributed by atoms with Crippen LogP contribution >= 0.6 is 0 Å². The molecule has 0 saturated carbocycles. The van der Waals surface area contributed by atoms with Crippen LogP contribution in [0.15, 0.2) is 41.9 Å². The zero-order valence-corrected chi connectivity index (χ0v) is 11.2. The zero-order valence-electron chi connectivity index (χ0n) is 11.2. The lowest BCUT2D eigenvalue weighted by atomic mass is 9.81. The minimum Gasteiger partial charge on any atom is -0.508 e. The van der Waals surface area contributed by atoms with Gasteiger partial charge in [-0.2, -0.15) is 0 Å². The Morgan fingerprint density at radius 2 is 1.90 bits per heavy atom. The lowest BCUT2D eigenvalue weighted by molar-refractivity contribution is 0.0319. The third kappa shape index (κ3) is 1.55. The molecule has 21 heavy (non-hydrogen) atoms. The van der Waals surface area contributed by atoms with Crippen molar-refractivity contribution in [3.8, 4) is 11.5 Å². The summed E-state index contributed by atoms with van der Waals surface area (Å²) >= 11 is 0. The maximum Gasteiger partial charge on any atom is 0.231 e. The van der Waals surface area contributed by atoms with Gasteiger partial charge in [-0.25, -0.2) is 0 Å². The molecular weight excluding hydrogens is 272 g/mol. The first-order valence-electron chi connectivity index (χ1n) is 7.10. The van der Waals surface area contributed by atoms with Crippen molar-refractivity contribution in [2.45, 2.75) is 12.2 Å². The van der Waals surface area contributed by atoms with E-state index in [1.54, 1.807) is 12.1 Å². The number of benzene rings is 1. The summed E-state index contributed by atoms with van der Waals surface area (Å²) in [4.78, 5) is 0. The van der Waals surface area contributed by atoms with Crippen LogP contribution in [0.5, 0.6) is 11.5 Å². The molecule has 1 aromatic rings. The van der Waals surface area contributed by atoms with Crippen LogP contribution in [-0.2, 0) is 14.2 Å². The number of fused-ring (bicyclic) bond motifs is 6. The van der Waals surface area contributed by atoms with Crippen molar-refractivity contribution in [3.63, 3.8) is 0 Å². The predicted molar refractivity (Wildman–Crippen MR) is 71.4 cm³/mol. The molecule has 108 valence electrons. The SMILES string of the molecule is Oc1ccc2c(c1)OCC1C2OC2C=C3OCOC3=CC21.